The molecule has 0 radical (unpaired) electrons. The second kappa shape index (κ2) is 6.31. The van der Waals surface area contributed by atoms with Gasteiger partial charge < -0.3 is 0 Å². The van der Waals surface area contributed by atoms with Crippen molar-refractivity contribution in [1.82, 2.24) is 14.5 Å². The number of nitrogens with zero attached hydrogens (tertiary/aromatic N) is 3. The maximum atomic E-state index is 13.1. The fraction of sp³-hybridized carbons (Fsp3) is 0. The zero-order valence-corrected chi connectivity index (χ0v) is 14.4. The number of pyridine rings is 1. The molecule has 0 N–H and O–H groups in total. The van der Waals surface area contributed by atoms with Gasteiger partial charge in [0.2, 0.25) is 0 Å². The minimum absolute atomic E-state index is 0.203. The van der Waals surface area contributed by atoms with Crippen molar-refractivity contribution in [2.24, 2.45) is 0 Å². The van der Waals surface area contributed by atoms with Gasteiger partial charge in [-0.15, -0.1) is 0 Å². The molecule has 2 aromatic carbocycles. The third-order valence-corrected chi connectivity index (χ3v) is 4.37. The Balaban J connectivity index is 2.14. The third kappa shape index (κ3) is 2.80. The summed E-state index contributed by atoms with van der Waals surface area (Å²) in [6.45, 7) is 0. The van der Waals surface area contributed by atoms with Crippen LogP contribution in [0.25, 0.3) is 28.1 Å². The second-order valence-electron chi connectivity index (χ2n) is 5.41. The monoisotopic (exact) mass is 367 g/mol. The summed E-state index contributed by atoms with van der Waals surface area (Å²) < 4.78 is 1.47. The molecule has 0 atom stereocenters. The molecule has 0 aliphatic carbocycles. The Labute approximate surface area is 153 Å². The molecule has 0 aliphatic heterocycles. The van der Waals surface area contributed by atoms with Crippen LogP contribution >= 0.6 is 23.2 Å². The van der Waals surface area contributed by atoms with E-state index in [0.717, 1.165) is 0 Å². The molecule has 4 nitrogen and oxygen atoms in total. The van der Waals surface area contributed by atoms with Crippen LogP contribution in [-0.4, -0.2) is 14.5 Å². The summed E-state index contributed by atoms with van der Waals surface area (Å²) in [5, 5.41) is 1.45. The molecular weight excluding hydrogens is 357 g/mol. The van der Waals surface area contributed by atoms with Crippen molar-refractivity contribution >= 4 is 34.1 Å². The van der Waals surface area contributed by atoms with E-state index in [1.54, 1.807) is 48.7 Å². The number of benzene rings is 2. The molecule has 0 amide bonds. The standard InChI is InChI=1S/C19H11Cl2N3O/c20-12-8-9-13(15(21)11-12)18-23-16-6-2-1-5-14(16)19(25)24(18)17-7-3-4-10-22-17/h1-11H. The molecule has 0 unspecified atom stereocenters. The van der Waals surface area contributed by atoms with E-state index in [9.17, 15) is 4.79 Å². The van der Waals surface area contributed by atoms with Crippen LogP contribution in [-0.2, 0) is 0 Å². The number of para-hydroxylation sites is 1. The van der Waals surface area contributed by atoms with Gasteiger partial charge in [-0.1, -0.05) is 41.4 Å². The first-order valence-electron chi connectivity index (χ1n) is 7.54. The lowest BCUT2D eigenvalue weighted by atomic mass is 10.1. The average Bonchev–Trinajstić information content (AvgIpc) is 2.62. The van der Waals surface area contributed by atoms with Crippen molar-refractivity contribution in [3.63, 3.8) is 0 Å². The summed E-state index contributed by atoms with van der Waals surface area (Å²) in [5.74, 6) is 0.899. The Hall–Kier alpha value is -2.69. The van der Waals surface area contributed by atoms with Crippen molar-refractivity contribution < 1.29 is 0 Å². The van der Waals surface area contributed by atoms with Crippen LogP contribution in [0.5, 0.6) is 0 Å². The SMILES string of the molecule is O=c1c2ccccc2nc(-c2ccc(Cl)cc2Cl)n1-c1ccccn1. The molecular formula is C19H11Cl2N3O. The van der Waals surface area contributed by atoms with Crippen LogP contribution in [0.15, 0.2) is 71.7 Å². The second-order valence-corrected chi connectivity index (χ2v) is 6.25. The minimum atomic E-state index is -0.203. The molecule has 0 saturated heterocycles. The number of halogens is 2. The van der Waals surface area contributed by atoms with Gasteiger partial charge in [0, 0.05) is 16.8 Å². The van der Waals surface area contributed by atoms with Gasteiger partial charge in [-0.05, 0) is 42.5 Å². The molecule has 0 bridgehead atoms. The Bertz CT molecular complexity index is 1140. The smallest absolute Gasteiger partial charge is 0.267 e. The average molecular weight is 368 g/mol. The Morgan fingerprint density at radius 1 is 0.920 bits per heavy atom. The van der Waals surface area contributed by atoms with Gasteiger partial charge in [-0.25, -0.2) is 14.5 Å². The molecule has 4 aromatic rings. The maximum absolute atomic E-state index is 13.1. The highest BCUT2D eigenvalue weighted by Gasteiger charge is 2.17. The Kier molecular flexibility index (Phi) is 3.99. The number of rotatable bonds is 2. The van der Waals surface area contributed by atoms with Crippen LogP contribution in [0.2, 0.25) is 10.0 Å². The van der Waals surface area contributed by atoms with Gasteiger partial charge in [-0.3, -0.25) is 4.79 Å². The van der Waals surface area contributed by atoms with Gasteiger partial charge in [0.25, 0.3) is 5.56 Å². The predicted octanol–water partition coefficient (Wildman–Crippen LogP) is 4.75. The first-order valence-corrected chi connectivity index (χ1v) is 8.29. The van der Waals surface area contributed by atoms with Gasteiger partial charge in [0.1, 0.15) is 5.82 Å². The lowest BCUT2D eigenvalue weighted by Gasteiger charge is -2.14. The van der Waals surface area contributed by atoms with Gasteiger partial charge >= 0.3 is 0 Å². The number of aromatic nitrogens is 3. The highest BCUT2D eigenvalue weighted by molar-refractivity contribution is 6.36. The molecule has 4 rings (SSSR count). The summed E-state index contributed by atoms with van der Waals surface area (Å²) in [6.07, 6.45) is 1.63. The topological polar surface area (TPSA) is 47.8 Å². The van der Waals surface area contributed by atoms with Crippen LogP contribution in [0.3, 0.4) is 0 Å². The van der Waals surface area contributed by atoms with E-state index in [1.807, 2.05) is 18.2 Å². The van der Waals surface area contributed by atoms with Gasteiger partial charge in [-0.2, -0.15) is 0 Å². The molecule has 0 aliphatic rings. The first-order chi connectivity index (χ1) is 12.1. The molecule has 6 heteroatoms. The number of hydrogen-bond donors (Lipinski definition) is 0. The Morgan fingerprint density at radius 2 is 1.72 bits per heavy atom. The van der Waals surface area contributed by atoms with Crippen molar-refractivity contribution in [3.8, 4) is 17.2 Å². The molecule has 122 valence electrons. The van der Waals surface area contributed by atoms with Crippen LogP contribution in [0.4, 0.5) is 0 Å². The van der Waals surface area contributed by atoms with E-state index in [0.29, 0.717) is 38.2 Å². The fourth-order valence-corrected chi connectivity index (χ4v) is 3.18. The molecule has 0 spiro atoms. The molecule has 2 aromatic heterocycles. The quantitative estimate of drug-likeness (QED) is 0.513. The summed E-state index contributed by atoms with van der Waals surface area (Å²) in [7, 11) is 0. The van der Waals surface area contributed by atoms with E-state index < -0.39 is 0 Å². The summed E-state index contributed by atoms with van der Waals surface area (Å²) in [5.41, 5.74) is 1.01. The Morgan fingerprint density at radius 3 is 2.48 bits per heavy atom. The van der Waals surface area contributed by atoms with Crippen LogP contribution < -0.4 is 5.56 Å². The zero-order valence-electron chi connectivity index (χ0n) is 12.9. The van der Waals surface area contributed by atoms with E-state index >= 15 is 0 Å². The normalized spacial score (nSPS) is 11.0. The highest BCUT2D eigenvalue weighted by atomic mass is 35.5. The molecule has 2 heterocycles. The van der Waals surface area contributed by atoms with Crippen LogP contribution in [0.1, 0.15) is 0 Å². The molecule has 25 heavy (non-hydrogen) atoms. The van der Waals surface area contributed by atoms with E-state index in [4.69, 9.17) is 23.2 Å². The third-order valence-electron chi connectivity index (χ3n) is 3.83. The first kappa shape index (κ1) is 15.8. The summed E-state index contributed by atoms with van der Waals surface area (Å²) in [6, 6.07) is 17.6. The lowest BCUT2D eigenvalue weighted by molar-refractivity contribution is 0.932. The van der Waals surface area contributed by atoms with Gasteiger partial charge in [0.15, 0.2) is 5.82 Å². The lowest BCUT2D eigenvalue weighted by Crippen LogP contribution is -2.22. The van der Waals surface area contributed by atoms with Crippen molar-refractivity contribution in [1.29, 1.82) is 0 Å². The van der Waals surface area contributed by atoms with Crippen molar-refractivity contribution in [3.05, 3.63) is 87.3 Å². The number of hydrogen-bond acceptors (Lipinski definition) is 3. The van der Waals surface area contributed by atoms with Crippen LogP contribution in [0, 0.1) is 0 Å². The fourth-order valence-electron chi connectivity index (χ4n) is 2.68. The van der Waals surface area contributed by atoms with Crippen molar-refractivity contribution in [2.75, 3.05) is 0 Å². The maximum Gasteiger partial charge on any atom is 0.267 e. The summed E-state index contributed by atoms with van der Waals surface area (Å²) >= 11 is 12.4. The summed E-state index contributed by atoms with van der Waals surface area (Å²) in [4.78, 5) is 22.1. The van der Waals surface area contributed by atoms with E-state index in [-0.39, 0.29) is 5.56 Å². The van der Waals surface area contributed by atoms with E-state index in [1.165, 1.54) is 4.57 Å². The predicted molar refractivity (Wildman–Crippen MR) is 101 cm³/mol. The number of fused-ring (bicyclic) bond motifs is 1. The highest BCUT2D eigenvalue weighted by Crippen LogP contribution is 2.30. The zero-order chi connectivity index (χ0) is 17.4. The van der Waals surface area contributed by atoms with Gasteiger partial charge in [0.05, 0.1) is 15.9 Å². The largest absolute Gasteiger partial charge is 0.268 e. The van der Waals surface area contributed by atoms with Crippen molar-refractivity contribution in [2.45, 2.75) is 0 Å². The molecule has 0 fully saturated rings. The van der Waals surface area contributed by atoms with E-state index in [2.05, 4.69) is 9.97 Å². The molecule has 0 saturated carbocycles. The minimum Gasteiger partial charge on any atom is -0.268 e.